The van der Waals surface area contributed by atoms with E-state index in [2.05, 4.69) is 72.8 Å². The van der Waals surface area contributed by atoms with E-state index in [4.69, 9.17) is 4.98 Å². The van der Waals surface area contributed by atoms with Crippen LogP contribution < -0.4 is 0 Å². The molecule has 0 bridgehead atoms. The molecule has 0 N–H and O–H groups in total. The third-order valence-corrected chi connectivity index (χ3v) is 6.13. The average molecular weight is 634 g/mol. The molecule has 2 aromatic heterocycles. The Hall–Kier alpha value is -3.33. The Kier molecular flexibility index (Phi) is 7.16. The number of imidazole rings is 1. The van der Waals surface area contributed by atoms with E-state index in [0.29, 0.717) is 0 Å². The molecule has 5 aromatic rings. The molecule has 0 unspecified atom stereocenters. The fourth-order valence-corrected chi connectivity index (χ4v) is 4.38. The summed E-state index contributed by atoms with van der Waals surface area (Å²) < 4.78 is 2.34. The van der Waals surface area contributed by atoms with Crippen molar-refractivity contribution in [3.8, 4) is 22.6 Å². The van der Waals surface area contributed by atoms with Crippen molar-refractivity contribution < 1.29 is 20.1 Å². The summed E-state index contributed by atoms with van der Waals surface area (Å²) in [4.78, 5) is 9.30. The predicted octanol–water partition coefficient (Wildman–Crippen LogP) is 7.43. The molecule has 3 heterocycles. The number of allylic oxidation sites excluding steroid dienone is 1. The van der Waals surface area contributed by atoms with Gasteiger partial charge in [0.25, 0.3) is 0 Å². The summed E-state index contributed by atoms with van der Waals surface area (Å²) in [6, 6.07) is 32.6. The van der Waals surface area contributed by atoms with Gasteiger partial charge in [-0.15, -0.1) is 71.8 Å². The van der Waals surface area contributed by atoms with E-state index in [9.17, 15) is 0 Å². The van der Waals surface area contributed by atoms with Crippen LogP contribution >= 0.6 is 0 Å². The fourth-order valence-electron chi connectivity index (χ4n) is 4.38. The Balaban J connectivity index is 0.000000179. The predicted molar refractivity (Wildman–Crippen MR) is 140 cm³/mol. The topological polar surface area (TPSA) is 30.7 Å². The maximum absolute atomic E-state index is 4.88. The number of hydrogen-bond acceptors (Lipinski definition) is 2. The van der Waals surface area contributed by atoms with Crippen molar-refractivity contribution in [2.45, 2.75) is 33.2 Å². The molecular formula is C31H27IrN3-2. The SMILES string of the molecule is Cc1ccc2nc(-c3[c-]cccc3)n3c2c1C=CC3(C)C.Cc1cccc(-c2[c-]cccc2)n1.[Ir]. The quantitative estimate of drug-likeness (QED) is 0.190. The summed E-state index contributed by atoms with van der Waals surface area (Å²) in [5.41, 5.74) is 8.88. The minimum absolute atomic E-state index is 0. The Morgan fingerprint density at radius 3 is 2.14 bits per heavy atom. The molecule has 0 amide bonds. The number of nitrogens with zero attached hydrogens (tertiary/aromatic N) is 3. The Morgan fingerprint density at radius 1 is 0.771 bits per heavy atom. The van der Waals surface area contributed by atoms with Gasteiger partial charge in [0, 0.05) is 31.4 Å². The molecule has 177 valence electrons. The van der Waals surface area contributed by atoms with Crippen molar-refractivity contribution in [2.24, 2.45) is 0 Å². The van der Waals surface area contributed by atoms with Crippen molar-refractivity contribution >= 4 is 17.1 Å². The average Bonchev–Trinajstić information content (AvgIpc) is 3.26. The van der Waals surface area contributed by atoms with Crippen LogP contribution in [0.4, 0.5) is 0 Å². The van der Waals surface area contributed by atoms with Crippen LogP contribution in [-0.4, -0.2) is 14.5 Å². The first-order valence-corrected chi connectivity index (χ1v) is 11.5. The standard InChI is InChI=1S/C19H17N2.C12H10N.Ir/c1-13-9-10-16-17-15(13)11-12-19(2,3)21(17)18(20-16)14-7-5-4-6-8-14;1-10-6-5-9-12(13-10)11-7-3-2-4-8-11;/h4-7,9-12H,1-3H3;2-7,9H,1H3;/q2*-1;. The van der Waals surface area contributed by atoms with Crippen LogP contribution in [0.25, 0.3) is 39.8 Å². The van der Waals surface area contributed by atoms with Crippen LogP contribution in [-0.2, 0) is 25.6 Å². The van der Waals surface area contributed by atoms with Gasteiger partial charge in [0.05, 0.1) is 22.4 Å². The van der Waals surface area contributed by atoms with Gasteiger partial charge >= 0.3 is 0 Å². The maximum Gasteiger partial charge on any atom is 0.0777 e. The minimum atomic E-state index is -0.0887. The second kappa shape index (κ2) is 10.1. The zero-order valence-electron chi connectivity index (χ0n) is 20.3. The van der Waals surface area contributed by atoms with Gasteiger partial charge in [-0.25, -0.2) is 0 Å². The molecule has 1 radical (unpaired) electrons. The third-order valence-electron chi connectivity index (χ3n) is 6.13. The van der Waals surface area contributed by atoms with Crippen molar-refractivity contribution in [1.29, 1.82) is 0 Å². The second-order valence-electron chi connectivity index (χ2n) is 9.14. The molecule has 6 rings (SSSR count). The molecular weight excluding hydrogens is 607 g/mol. The summed E-state index contributed by atoms with van der Waals surface area (Å²) in [5.74, 6) is 0.992. The third kappa shape index (κ3) is 4.91. The van der Waals surface area contributed by atoms with Crippen molar-refractivity contribution in [3.05, 3.63) is 114 Å². The fraction of sp³-hybridized carbons (Fsp3) is 0.161. The van der Waals surface area contributed by atoms with E-state index in [1.165, 1.54) is 16.6 Å². The number of hydrogen-bond donors (Lipinski definition) is 0. The van der Waals surface area contributed by atoms with Crippen LogP contribution in [0.15, 0.2) is 84.9 Å². The van der Waals surface area contributed by atoms with Crippen LogP contribution in [0.3, 0.4) is 0 Å². The van der Waals surface area contributed by atoms with Crippen LogP contribution in [0.2, 0.25) is 0 Å². The number of benzene rings is 3. The van der Waals surface area contributed by atoms with Crippen LogP contribution in [0.5, 0.6) is 0 Å². The minimum Gasteiger partial charge on any atom is -0.355 e. The van der Waals surface area contributed by atoms with E-state index < -0.39 is 0 Å². The molecule has 3 aromatic carbocycles. The summed E-state index contributed by atoms with van der Waals surface area (Å²) in [5, 5.41) is 0. The molecule has 0 spiro atoms. The molecule has 35 heavy (non-hydrogen) atoms. The molecule has 0 saturated heterocycles. The van der Waals surface area contributed by atoms with E-state index in [-0.39, 0.29) is 25.6 Å². The molecule has 3 nitrogen and oxygen atoms in total. The zero-order valence-corrected chi connectivity index (χ0v) is 22.7. The maximum atomic E-state index is 4.88. The van der Waals surface area contributed by atoms with E-state index >= 15 is 0 Å². The monoisotopic (exact) mass is 634 g/mol. The number of aryl methyl sites for hydroxylation is 2. The first-order chi connectivity index (χ1) is 16.4. The molecule has 0 atom stereocenters. The van der Waals surface area contributed by atoms with Crippen molar-refractivity contribution in [1.82, 2.24) is 14.5 Å². The van der Waals surface area contributed by atoms with E-state index in [1.807, 2.05) is 67.6 Å². The molecule has 0 aliphatic carbocycles. The Bertz CT molecular complexity index is 1480. The molecule has 1 aliphatic rings. The zero-order chi connectivity index (χ0) is 23.7. The summed E-state index contributed by atoms with van der Waals surface area (Å²) >= 11 is 0. The van der Waals surface area contributed by atoms with Gasteiger partial charge in [0.2, 0.25) is 0 Å². The molecule has 0 fully saturated rings. The Morgan fingerprint density at radius 2 is 1.49 bits per heavy atom. The van der Waals surface area contributed by atoms with Gasteiger partial charge in [-0.3, -0.25) is 4.98 Å². The number of aromatic nitrogens is 3. The van der Waals surface area contributed by atoms with Crippen LogP contribution in [0.1, 0.15) is 30.7 Å². The largest absolute Gasteiger partial charge is 0.355 e. The van der Waals surface area contributed by atoms with Crippen LogP contribution in [0, 0.1) is 26.0 Å². The van der Waals surface area contributed by atoms with Gasteiger partial charge < -0.3 is 9.55 Å². The summed E-state index contributed by atoms with van der Waals surface area (Å²) in [7, 11) is 0. The first-order valence-electron chi connectivity index (χ1n) is 11.5. The molecule has 0 saturated carbocycles. The number of rotatable bonds is 2. The van der Waals surface area contributed by atoms with Gasteiger partial charge in [0.1, 0.15) is 0 Å². The van der Waals surface area contributed by atoms with Gasteiger partial charge in [-0.2, -0.15) is 0 Å². The van der Waals surface area contributed by atoms with Gasteiger partial charge in [0.15, 0.2) is 0 Å². The van der Waals surface area contributed by atoms with E-state index in [1.54, 1.807) is 0 Å². The smallest absolute Gasteiger partial charge is 0.0777 e. The van der Waals surface area contributed by atoms with E-state index in [0.717, 1.165) is 33.9 Å². The Labute approximate surface area is 220 Å². The summed E-state index contributed by atoms with van der Waals surface area (Å²) in [6.45, 7) is 8.60. The van der Waals surface area contributed by atoms with Crippen molar-refractivity contribution in [3.63, 3.8) is 0 Å². The van der Waals surface area contributed by atoms with Gasteiger partial charge in [-0.05, 0) is 51.1 Å². The molecule has 1 aliphatic heterocycles. The second-order valence-corrected chi connectivity index (χ2v) is 9.14. The number of pyridine rings is 1. The molecule has 4 heteroatoms. The van der Waals surface area contributed by atoms with Gasteiger partial charge in [-0.1, -0.05) is 30.4 Å². The van der Waals surface area contributed by atoms with Crippen molar-refractivity contribution in [2.75, 3.05) is 0 Å². The normalized spacial score (nSPS) is 13.0. The first kappa shape index (κ1) is 24.8. The summed E-state index contributed by atoms with van der Waals surface area (Å²) in [6.07, 6.45) is 4.49.